The maximum Gasteiger partial charge on any atom is 0.227 e. The van der Waals surface area contributed by atoms with Gasteiger partial charge >= 0.3 is 0 Å². The maximum atomic E-state index is 12.6. The van der Waals surface area contributed by atoms with Crippen molar-refractivity contribution in [3.8, 4) is 5.82 Å². The van der Waals surface area contributed by atoms with E-state index in [1.807, 2.05) is 47.0 Å². The Hall–Kier alpha value is -3.74. The molecule has 1 aliphatic rings. The van der Waals surface area contributed by atoms with Crippen molar-refractivity contribution in [3.63, 3.8) is 0 Å². The zero-order valence-electron chi connectivity index (χ0n) is 18.7. The third kappa shape index (κ3) is 4.72. The number of hydrogen-bond acceptors (Lipinski definition) is 5. The number of carbonyl (C=O) groups excluding carboxylic acids is 1. The highest BCUT2D eigenvalue weighted by Crippen LogP contribution is 2.26. The van der Waals surface area contributed by atoms with Gasteiger partial charge in [-0.25, -0.2) is 9.97 Å². The second kappa shape index (κ2) is 9.40. The molecular formula is C26H28N6O. The van der Waals surface area contributed by atoms with E-state index in [0.717, 1.165) is 48.2 Å². The highest BCUT2D eigenvalue weighted by Gasteiger charge is 2.21. The van der Waals surface area contributed by atoms with Crippen LogP contribution in [0.2, 0.25) is 0 Å². The average molecular weight is 441 g/mol. The van der Waals surface area contributed by atoms with E-state index in [-0.39, 0.29) is 17.9 Å². The van der Waals surface area contributed by atoms with Gasteiger partial charge in [0.05, 0.1) is 17.1 Å². The zero-order valence-corrected chi connectivity index (χ0v) is 18.7. The molecule has 1 saturated carbocycles. The molecule has 2 aromatic carbocycles. The molecular weight excluding hydrogens is 412 g/mol. The number of benzene rings is 2. The molecule has 0 saturated heterocycles. The summed E-state index contributed by atoms with van der Waals surface area (Å²) in [4.78, 5) is 26.2. The smallest absolute Gasteiger partial charge is 0.227 e. The first kappa shape index (κ1) is 21.1. The topological polar surface area (TPSA) is 84.7 Å². The minimum atomic E-state index is 0.0799. The number of amides is 1. The molecule has 2 N–H and O–H groups in total. The van der Waals surface area contributed by atoms with Crippen molar-refractivity contribution >= 4 is 28.6 Å². The third-order valence-electron chi connectivity index (χ3n) is 6.32. The van der Waals surface area contributed by atoms with E-state index >= 15 is 0 Å². The van der Waals surface area contributed by atoms with Crippen molar-refractivity contribution in [3.05, 3.63) is 72.7 Å². The minimum absolute atomic E-state index is 0.0799. The molecule has 7 nitrogen and oxygen atoms in total. The van der Waals surface area contributed by atoms with Crippen LogP contribution in [0.5, 0.6) is 0 Å². The number of nitrogens with one attached hydrogen (secondary N) is 2. The molecule has 1 atom stereocenters. The van der Waals surface area contributed by atoms with Crippen LogP contribution in [-0.4, -0.2) is 25.4 Å². The van der Waals surface area contributed by atoms with Crippen LogP contribution in [-0.2, 0) is 4.79 Å². The molecule has 2 heterocycles. The Bertz CT molecular complexity index is 1250. The van der Waals surface area contributed by atoms with E-state index in [9.17, 15) is 4.79 Å². The van der Waals surface area contributed by atoms with Crippen molar-refractivity contribution in [2.45, 2.75) is 45.1 Å². The molecule has 0 bridgehead atoms. The fourth-order valence-corrected chi connectivity index (χ4v) is 4.45. The molecule has 1 aliphatic carbocycles. The lowest BCUT2D eigenvalue weighted by molar-refractivity contribution is -0.120. The third-order valence-corrected chi connectivity index (χ3v) is 6.32. The van der Waals surface area contributed by atoms with Gasteiger partial charge in [0.15, 0.2) is 0 Å². The number of anilines is 2. The summed E-state index contributed by atoms with van der Waals surface area (Å²) in [7, 11) is 0. The fourth-order valence-electron chi connectivity index (χ4n) is 4.45. The van der Waals surface area contributed by atoms with Gasteiger partial charge < -0.3 is 10.6 Å². The van der Waals surface area contributed by atoms with E-state index in [4.69, 9.17) is 4.98 Å². The summed E-state index contributed by atoms with van der Waals surface area (Å²) in [6.45, 7) is 2.08. The zero-order chi connectivity index (χ0) is 22.6. The summed E-state index contributed by atoms with van der Waals surface area (Å²) in [5, 5.41) is 6.44. The Morgan fingerprint density at radius 3 is 2.67 bits per heavy atom. The van der Waals surface area contributed by atoms with E-state index in [1.54, 1.807) is 12.5 Å². The predicted octanol–water partition coefficient (Wildman–Crippen LogP) is 5.51. The maximum absolute atomic E-state index is 12.6. The van der Waals surface area contributed by atoms with Crippen LogP contribution in [0.4, 0.5) is 11.6 Å². The molecule has 0 radical (unpaired) electrons. The first-order chi connectivity index (χ1) is 16.2. The summed E-state index contributed by atoms with van der Waals surface area (Å²) in [5.41, 5.74) is 3.68. The molecule has 1 fully saturated rings. The highest BCUT2D eigenvalue weighted by molar-refractivity contribution is 5.94. The van der Waals surface area contributed by atoms with Gasteiger partial charge in [-0.3, -0.25) is 9.36 Å². The van der Waals surface area contributed by atoms with Crippen molar-refractivity contribution in [1.29, 1.82) is 0 Å². The van der Waals surface area contributed by atoms with Gasteiger partial charge in [-0.15, -0.1) is 0 Å². The number of carbonyl (C=O) groups is 1. The number of aromatic nitrogens is 4. The Balaban J connectivity index is 1.34. The first-order valence-corrected chi connectivity index (χ1v) is 11.6. The summed E-state index contributed by atoms with van der Waals surface area (Å²) in [5.74, 6) is 1.53. The summed E-state index contributed by atoms with van der Waals surface area (Å²) in [6.07, 6.45) is 8.98. The number of rotatable bonds is 6. The van der Waals surface area contributed by atoms with Crippen LogP contribution >= 0.6 is 0 Å². The lowest BCUT2D eigenvalue weighted by atomic mass is 9.88. The lowest BCUT2D eigenvalue weighted by Gasteiger charge is -2.20. The van der Waals surface area contributed by atoms with E-state index in [0.29, 0.717) is 5.95 Å². The quantitative estimate of drug-likeness (QED) is 0.413. The van der Waals surface area contributed by atoms with E-state index in [2.05, 4.69) is 39.7 Å². The summed E-state index contributed by atoms with van der Waals surface area (Å²) in [6, 6.07) is 18.0. The van der Waals surface area contributed by atoms with Crippen LogP contribution < -0.4 is 10.6 Å². The second-order valence-electron chi connectivity index (χ2n) is 8.66. The lowest BCUT2D eigenvalue weighted by Crippen LogP contribution is -2.24. The first-order valence-electron chi connectivity index (χ1n) is 11.6. The predicted molar refractivity (Wildman–Crippen MR) is 130 cm³/mol. The average Bonchev–Trinajstić information content (AvgIpc) is 3.28. The van der Waals surface area contributed by atoms with Gasteiger partial charge in [0, 0.05) is 17.8 Å². The monoisotopic (exact) mass is 440 g/mol. The Labute approximate surface area is 193 Å². The standard InChI is InChI=1S/C26H28N6O/c1-18(19-8-4-2-5-9-19)29-26-27-15-14-24(31-26)32-17-28-22-16-21(12-13-23(22)32)30-25(33)20-10-6-3-7-11-20/h2,4-5,8-9,12-18,20H,3,6-7,10-11H2,1H3,(H,30,33)(H,27,29,31). The molecule has 1 unspecified atom stereocenters. The number of nitrogens with zero attached hydrogens (tertiary/aromatic N) is 4. The second-order valence-corrected chi connectivity index (χ2v) is 8.66. The van der Waals surface area contributed by atoms with Gasteiger partial charge in [-0.1, -0.05) is 49.6 Å². The van der Waals surface area contributed by atoms with Crippen LogP contribution in [0.1, 0.15) is 50.6 Å². The van der Waals surface area contributed by atoms with Crippen LogP contribution in [0.25, 0.3) is 16.9 Å². The largest absolute Gasteiger partial charge is 0.348 e. The van der Waals surface area contributed by atoms with Crippen molar-refractivity contribution in [2.75, 3.05) is 10.6 Å². The van der Waals surface area contributed by atoms with Crippen molar-refractivity contribution in [1.82, 2.24) is 19.5 Å². The molecule has 7 heteroatoms. The van der Waals surface area contributed by atoms with Crippen LogP contribution in [0.15, 0.2) is 67.1 Å². The molecule has 1 amide bonds. The van der Waals surface area contributed by atoms with Gasteiger partial charge in [0.1, 0.15) is 12.1 Å². The Kier molecular flexibility index (Phi) is 6.02. The Morgan fingerprint density at radius 1 is 1.03 bits per heavy atom. The van der Waals surface area contributed by atoms with Crippen LogP contribution in [0.3, 0.4) is 0 Å². The summed E-state index contributed by atoms with van der Waals surface area (Å²) < 4.78 is 1.93. The molecule has 2 aromatic heterocycles. The van der Waals surface area contributed by atoms with Gasteiger partial charge in [-0.2, -0.15) is 4.98 Å². The number of fused-ring (bicyclic) bond motifs is 1. The van der Waals surface area contributed by atoms with Crippen molar-refractivity contribution in [2.24, 2.45) is 5.92 Å². The highest BCUT2D eigenvalue weighted by atomic mass is 16.1. The van der Waals surface area contributed by atoms with E-state index in [1.165, 1.54) is 12.0 Å². The molecule has 0 spiro atoms. The normalized spacial score (nSPS) is 15.3. The SMILES string of the molecule is CC(Nc1nccc(-n2cnc3cc(NC(=O)C4CCCCC4)ccc32)n1)c1ccccc1. The van der Waals surface area contributed by atoms with Gasteiger partial charge in [0.2, 0.25) is 11.9 Å². The van der Waals surface area contributed by atoms with Crippen LogP contribution in [0, 0.1) is 5.92 Å². The van der Waals surface area contributed by atoms with Crippen molar-refractivity contribution < 1.29 is 4.79 Å². The Morgan fingerprint density at radius 2 is 1.85 bits per heavy atom. The number of hydrogen-bond donors (Lipinski definition) is 2. The fraction of sp³-hybridized carbons (Fsp3) is 0.308. The molecule has 0 aliphatic heterocycles. The van der Waals surface area contributed by atoms with Gasteiger partial charge in [-0.05, 0) is 49.6 Å². The summed E-state index contributed by atoms with van der Waals surface area (Å²) >= 11 is 0. The molecule has 4 aromatic rings. The minimum Gasteiger partial charge on any atom is -0.348 e. The molecule has 33 heavy (non-hydrogen) atoms. The van der Waals surface area contributed by atoms with Gasteiger partial charge in [0.25, 0.3) is 0 Å². The van der Waals surface area contributed by atoms with E-state index < -0.39 is 0 Å². The molecule has 168 valence electrons. The number of imidazole rings is 1. The molecule has 5 rings (SSSR count).